The molecule has 2 aromatic carbocycles. The van der Waals surface area contributed by atoms with Crippen LogP contribution in [-0.2, 0) is 20.7 Å². The van der Waals surface area contributed by atoms with Gasteiger partial charge in [-0.05, 0) is 61.6 Å². The summed E-state index contributed by atoms with van der Waals surface area (Å²) in [5.74, 6) is 0.852. The van der Waals surface area contributed by atoms with Gasteiger partial charge in [0.05, 0.1) is 33.8 Å². The van der Waals surface area contributed by atoms with Gasteiger partial charge in [-0.1, -0.05) is 18.2 Å². The smallest absolute Gasteiger partial charge is 0.307 e. The number of aryl methyl sites for hydroxylation is 2. The molecule has 1 amide bonds. The molecule has 1 aliphatic heterocycles. The summed E-state index contributed by atoms with van der Waals surface area (Å²) in [5.41, 5.74) is 4.91. The Labute approximate surface area is 189 Å². The second kappa shape index (κ2) is 10.5. The number of hydrogen-bond acceptors (Lipinski definition) is 6. The molecule has 32 heavy (non-hydrogen) atoms. The Kier molecular flexibility index (Phi) is 7.75. The molecule has 1 N–H and O–H groups in total. The Balaban J connectivity index is 1.87. The fourth-order valence-electron chi connectivity index (χ4n) is 4.26. The van der Waals surface area contributed by atoms with Crippen molar-refractivity contribution in [1.82, 2.24) is 4.90 Å². The molecule has 0 bridgehead atoms. The van der Waals surface area contributed by atoms with E-state index in [9.17, 15) is 9.59 Å². The van der Waals surface area contributed by atoms with Crippen LogP contribution in [0.15, 0.2) is 30.3 Å². The number of benzene rings is 2. The molecule has 1 heterocycles. The third kappa shape index (κ3) is 5.22. The maximum absolute atomic E-state index is 13.0. The lowest BCUT2D eigenvalue weighted by Crippen LogP contribution is -2.41. The minimum Gasteiger partial charge on any atom is -0.493 e. The van der Waals surface area contributed by atoms with E-state index >= 15 is 0 Å². The summed E-state index contributed by atoms with van der Waals surface area (Å²) in [6.45, 7) is 6.87. The SMILES string of the molecule is CCOC(=O)C[C@@H]1c2cc(OC)c(OC)cc2CCN1CC(=O)Nc1c(C)cccc1C. The Hall–Kier alpha value is -3.06. The lowest BCUT2D eigenvalue weighted by Gasteiger charge is -2.37. The molecule has 3 rings (SSSR count). The molecule has 1 atom stereocenters. The first-order chi connectivity index (χ1) is 15.4. The van der Waals surface area contributed by atoms with Crippen LogP contribution in [0.3, 0.4) is 0 Å². The van der Waals surface area contributed by atoms with Gasteiger partial charge in [-0.3, -0.25) is 14.5 Å². The van der Waals surface area contributed by atoms with Crippen molar-refractivity contribution in [2.24, 2.45) is 0 Å². The highest BCUT2D eigenvalue weighted by Gasteiger charge is 2.32. The number of rotatable bonds is 8. The van der Waals surface area contributed by atoms with E-state index in [1.807, 2.05) is 49.1 Å². The molecular weight excluding hydrogens is 408 g/mol. The number of nitrogens with one attached hydrogen (secondary N) is 1. The van der Waals surface area contributed by atoms with Gasteiger partial charge in [-0.25, -0.2) is 0 Å². The first-order valence-electron chi connectivity index (χ1n) is 10.9. The van der Waals surface area contributed by atoms with Crippen molar-refractivity contribution < 1.29 is 23.8 Å². The highest BCUT2D eigenvalue weighted by atomic mass is 16.5. The molecule has 1 aliphatic rings. The number of carbonyl (C=O) groups excluding carboxylic acids is 2. The molecule has 0 unspecified atom stereocenters. The summed E-state index contributed by atoms with van der Waals surface area (Å²) >= 11 is 0. The molecule has 7 heteroatoms. The van der Waals surface area contributed by atoms with E-state index in [1.165, 1.54) is 0 Å². The zero-order valence-electron chi connectivity index (χ0n) is 19.5. The van der Waals surface area contributed by atoms with Gasteiger partial charge >= 0.3 is 5.97 Å². The zero-order valence-corrected chi connectivity index (χ0v) is 19.5. The first-order valence-corrected chi connectivity index (χ1v) is 10.9. The first kappa shape index (κ1) is 23.6. The molecule has 0 fully saturated rings. The number of fused-ring (bicyclic) bond motifs is 1. The van der Waals surface area contributed by atoms with Crippen molar-refractivity contribution >= 4 is 17.6 Å². The van der Waals surface area contributed by atoms with Crippen LogP contribution in [-0.4, -0.2) is 50.7 Å². The van der Waals surface area contributed by atoms with Gasteiger partial charge in [0, 0.05) is 18.3 Å². The standard InChI is InChI=1S/C25H32N2O5/c1-6-32-24(29)14-20-19-13-22(31-5)21(30-4)12-18(19)10-11-27(20)15-23(28)26-25-16(2)8-7-9-17(25)3/h7-9,12-13,20H,6,10-11,14-15H2,1-5H3,(H,26,28)/t20-/m1/s1. The van der Waals surface area contributed by atoms with Crippen molar-refractivity contribution in [3.8, 4) is 11.5 Å². The fourth-order valence-corrected chi connectivity index (χ4v) is 4.26. The number of methoxy groups -OCH3 is 2. The molecule has 7 nitrogen and oxygen atoms in total. The predicted octanol–water partition coefficient (Wildman–Crippen LogP) is 3.81. The number of ether oxygens (including phenoxy) is 3. The van der Waals surface area contributed by atoms with E-state index in [2.05, 4.69) is 5.32 Å². The largest absolute Gasteiger partial charge is 0.493 e. The van der Waals surface area contributed by atoms with Gasteiger partial charge in [0.15, 0.2) is 11.5 Å². The molecule has 0 spiro atoms. The van der Waals surface area contributed by atoms with Gasteiger partial charge in [-0.15, -0.1) is 0 Å². The van der Waals surface area contributed by atoms with E-state index in [4.69, 9.17) is 14.2 Å². The van der Waals surface area contributed by atoms with Crippen molar-refractivity contribution in [1.29, 1.82) is 0 Å². The minimum atomic E-state index is -0.291. The summed E-state index contributed by atoms with van der Waals surface area (Å²) in [6.07, 6.45) is 0.901. The molecule has 0 radical (unpaired) electrons. The van der Waals surface area contributed by atoms with Crippen LogP contribution < -0.4 is 14.8 Å². The highest BCUT2D eigenvalue weighted by molar-refractivity contribution is 5.93. The monoisotopic (exact) mass is 440 g/mol. The average Bonchev–Trinajstić information content (AvgIpc) is 2.77. The number of carbonyl (C=O) groups is 2. The van der Waals surface area contributed by atoms with Gasteiger partial charge in [0.1, 0.15) is 0 Å². The lowest BCUT2D eigenvalue weighted by atomic mass is 9.90. The lowest BCUT2D eigenvalue weighted by molar-refractivity contribution is -0.145. The molecule has 172 valence electrons. The fraction of sp³-hybridized carbons (Fsp3) is 0.440. The number of amides is 1. The number of hydrogen-bond donors (Lipinski definition) is 1. The highest BCUT2D eigenvalue weighted by Crippen LogP contribution is 2.39. The van der Waals surface area contributed by atoms with Gasteiger partial charge < -0.3 is 19.5 Å². The third-order valence-corrected chi connectivity index (χ3v) is 5.87. The summed E-state index contributed by atoms with van der Waals surface area (Å²) in [6, 6.07) is 9.50. The third-order valence-electron chi connectivity index (χ3n) is 5.87. The summed E-state index contributed by atoms with van der Waals surface area (Å²) < 4.78 is 16.1. The number of esters is 1. The number of anilines is 1. The van der Waals surface area contributed by atoms with E-state index < -0.39 is 0 Å². The quantitative estimate of drug-likeness (QED) is 0.629. The van der Waals surface area contributed by atoms with Crippen LogP contribution in [0.1, 0.15) is 41.6 Å². The van der Waals surface area contributed by atoms with Gasteiger partial charge in [0.2, 0.25) is 5.91 Å². The number of para-hydroxylation sites is 1. The topological polar surface area (TPSA) is 77.1 Å². The van der Waals surface area contributed by atoms with Crippen LogP contribution in [0.25, 0.3) is 0 Å². The molecule has 0 saturated heterocycles. The number of nitrogens with zero attached hydrogens (tertiary/aromatic N) is 1. The Morgan fingerprint density at radius 1 is 1.09 bits per heavy atom. The molecular formula is C25H32N2O5. The maximum Gasteiger partial charge on any atom is 0.307 e. The van der Waals surface area contributed by atoms with Crippen LogP contribution >= 0.6 is 0 Å². The second-order valence-corrected chi connectivity index (χ2v) is 7.97. The summed E-state index contributed by atoms with van der Waals surface area (Å²) in [7, 11) is 3.19. The Morgan fingerprint density at radius 2 is 1.75 bits per heavy atom. The molecule has 0 aromatic heterocycles. The van der Waals surface area contributed by atoms with Crippen LogP contribution in [0.2, 0.25) is 0 Å². The van der Waals surface area contributed by atoms with Crippen LogP contribution in [0.4, 0.5) is 5.69 Å². The minimum absolute atomic E-state index is 0.111. The van der Waals surface area contributed by atoms with Crippen LogP contribution in [0, 0.1) is 13.8 Å². The Bertz CT molecular complexity index is 968. The van der Waals surface area contributed by atoms with Crippen molar-refractivity contribution in [3.63, 3.8) is 0 Å². The maximum atomic E-state index is 13.0. The predicted molar refractivity (Wildman–Crippen MR) is 123 cm³/mol. The van der Waals surface area contributed by atoms with Gasteiger partial charge in [0.25, 0.3) is 0 Å². The second-order valence-electron chi connectivity index (χ2n) is 7.97. The molecule has 0 saturated carbocycles. The van der Waals surface area contributed by atoms with Gasteiger partial charge in [-0.2, -0.15) is 0 Å². The van der Waals surface area contributed by atoms with E-state index in [-0.39, 0.29) is 30.9 Å². The average molecular weight is 441 g/mol. The Morgan fingerprint density at radius 3 is 2.38 bits per heavy atom. The molecule has 2 aromatic rings. The van der Waals surface area contributed by atoms with E-state index in [1.54, 1.807) is 21.1 Å². The van der Waals surface area contributed by atoms with Crippen molar-refractivity contribution in [2.75, 3.05) is 39.2 Å². The summed E-state index contributed by atoms with van der Waals surface area (Å²) in [4.78, 5) is 27.4. The normalized spacial score (nSPS) is 15.6. The zero-order chi connectivity index (χ0) is 23.3. The van der Waals surface area contributed by atoms with E-state index in [0.29, 0.717) is 24.7 Å². The van der Waals surface area contributed by atoms with Crippen molar-refractivity contribution in [3.05, 3.63) is 52.6 Å². The van der Waals surface area contributed by atoms with Crippen molar-refractivity contribution in [2.45, 2.75) is 39.7 Å². The van der Waals surface area contributed by atoms with E-state index in [0.717, 1.165) is 34.4 Å². The van der Waals surface area contributed by atoms with Crippen LogP contribution in [0.5, 0.6) is 11.5 Å². The molecule has 0 aliphatic carbocycles. The summed E-state index contributed by atoms with van der Waals surface area (Å²) in [5, 5.41) is 3.05.